The van der Waals surface area contributed by atoms with Gasteiger partial charge in [0.25, 0.3) is 0 Å². The van der Waals surface area contributed by atoms with Gasteiger partial charge in [0.1, 0.15) is 0 Å². The zero-order valence-electron chi connectivity index (χ0n) is 10.2. The molecule has 0 aromatic carbocycles. The molecule has 1 atom stereocenters. The molecule has 0 aliphatic rings. The first-order valence-electron chi connectivity index (χ1n) is 5.61. The van der Waals surface area contributed by atoms with E-state index in [1.54, 1.807) is 0 Å². The summed E-state index contributed by atoms with van der Waals surface area (Å²) in [5.74, 6) is 3.31. The fraction of sp³-hybridized carbons (Fsp3) is 1.00. The van der Waals surface area contributed by atoms with E-state index in [1.165, 1.54) is 31.0 Å². The zero-order chi connectivity index (χ0) is 10.8. The monoisotopic (exact) mass is 218 g/mol. The Balaban J connectivity index is 3.30. The topological polar surface area (TPSA) is 15.3 Å². The van der Waals surface area contributed by atoms with Gasteiger partial charge in [-0.3, -0.25) is 0 Å². The summed E-state index contributed by atoms with van der Waals surface area (Å²) in [6.07, 6.45) is 1.32. The van der Waals surface area contributed by atoms with Crippen molar-refractivity contribution in [2.45, 2.75) is 20.3 Å². The van der Waals surface area contributed by atoms with Gasteiger partial charge in [0.15, 0.2) is 0 Å². The van der Waals surface area contributed by atoms with Crippen LogP contribution in [0.5, 0.6) is 0 Å². The molecule has 0 aliphatic carbocycles. The lowest BCUT2D eigenvalue weighted by Gasteiger charge is -2.20. The second kappa shape index (κ2) is 9.81. The summed E-state index contributed by atoms with van der Waals surface area (Å²) in [4.78, 5) is 2.44. The van der Waals surface area contributed by atoms with Crippen molar-refractivity contribution in [3.63, 3.8) is 0 Å². The van der Waals surface area contributed by atoms with Gasteiger partial charge in [-0.2, -0.15) is 11.8 Å². The highest BCUT2D eigenvalue weighted by atomic mass is 32.2. The number of thioether (sulfide) groups is 1. The lowest BCUT2D eigenvalue weighted by Crippen LogP contribution is -2.30. The van der Waals surface area contributed by atoms with Crippen LogP contribution in [0.3, 0.4) is 0 Å². The van der Waals surface area contributed by atoms with Crippen molar-refractivity contribution in [1.82, 2.24) is 10.2 Å². The third kappa shape index (κ3) is 8.85. The van der Waals surface area contributed by atoms with E-state index in [2.05, 4.69) is 31.1 Å². The highest BCUT2D eigenvalue weighted by Crippen LogP contribution is 2.03. The summed E-state index contributed by atoms with van der Waals surface area (Å²) in [6.45, 7) is 8.09. The van der Waals surface area contributed by atoms with Crippen LogP contribution in [0.1, 0.15) is 20.3 Å². The van der Waals surface area contributed by atoms with Crippen molar-refractivity contribution < 1.29 is 0 Å². The Bertz CT molecular complexity index is 120. The Kier molecular flexibility index (Phi) is 10.0. The average molecular weight is 218 g/mol. The fourth-order valence-electron chi connectivity index (χ4n) is 1.62. The lowest BCUT2D eigenvalue weighted by atomic mass is 10.1. The molecule has 0 heterocycles. The molecule has 0 bridgehead atoms. The predicted molar refractivity (Wildman–Crippen MR) is 68.2 cm³/mol. The smallest absolute Gasteiger partial charge is 0.00161 e. The minimum atomic E-state index is 0.754. The van der Waals surface area contributed by atoms with Crippen molar-refractivity contribution in [3.8, 4) is 0 Å². The number of rotatable bonds is 9. The van der Waals surface area contributed by atoms with Gasteiger partial charge in [-0.05, 0) is 51.0 Å². The Morgan fingerprint density at radius 2 is 2.14 bits per heavy atom. The molecule has 0 aromatic rings. The highest BCUT2D eigenvalue weighted by molar-refractivity contribution is 7.99. The van der Waals surface area contributed by atoms with Crippen LogP contribution in [0.4, 0.5) is 0 Å². The van der Waals surface area contributed by atoms with E-state index >= 15 is 0 Å². The van der Waals surface area contributed by atoms with Gasteiger partial charge in [0, 0.05) is 6.54 Å². The van der Waals surface area contributed by atoms with Crippen molar-refractivity contribution in [1.29, 1.82) is 0 Å². The maximum absolute atomic E-state index is 3.22. The number of nitrogens with one attached hydrogen (secondary N) is 1. The molecule has 0 rings (SSSR count). The molecule has 1 N–H and O–H groups in total. The van der Waals surface area contributed by atoms with Crippen LogP contribution in [-0.4, -0.2) is 50.1 Å². The molecule has 0 amide bonds. The van der Waals surface area contributed by atoms with Crippen molar-refractivity contribution >= 4 is 11.8 Å². The molecule has 0 radical (unpaired) electrons. The molecule has 2 nitrogen and oxygen atoms in total. The largest absolute Gasteiger partial charge is 0.319 e. The molecule has 86 valence electrons. The van der Waals surface area contributed by atoms with Gasteiger partial charge in [0.05, 0.1) is 0 Å². The number of hydrogen-bond acceptors (Lipinski definition) is 3. The number of hydrogen-bond donors (Lipinski definition) is 1. The van der Waals surface area contributed by atoms with E-state index in [0.717, 1.165) is 12.5 Å². The van der Waals surface area contributed by atoms with Gasteiger partial charge in [0.2, 0.25) is 0 Å². The van der Waals surface area contributed by atoms with E-state index in [4.69, 9.17) is 0 Å². The SMILES string of the molecule is CCSCCCN(C)CC(C)CNC. The predicted octanol–water partition coefficient (Wildman–Crippen LogP) is 1.92. The Morgan fingerprint density at radius 1 is 1.43 bits per heavy atom. The van der Waals surface area contributed by atoms with Crippen LogP contribution < -0.4 is 5.32 Å². The standard InChI is InChI=1S/C11H26N2S/c1-5-14-8-6-7-13(4)10-11(2)9-12-3/h11-12H,5-10H2,1-4H3. The first-order valence-corrected chi connectivity index (χ1v) is 6.77. The minimum absolute atomic E-state index is 0.754. The molecule has 3 heteroatoms. The highest BCUT2D eigenvalue weighted by Gasteiger charge is 2.04. The summed E-state index contributed by atoms with van der Waals surface area (Å²) in [7, 11) is 4.25. The maximum Gasteiger partial charge on any atom is 0.00161 e. The molecule has 0 saturated heterocycles. The summed E-state index contributed by atoms with van der Waals surface area (Å²) >= 11 is 2.04. The molecule has 0 saturated carbocycles. The Labute approximate surface area is 93.8 Å². The van der Waals surface area contributed by atoms with E-state index in [0.29, 0.717) is 0 Å². The lowest BCUT2D eigenvalue weighted by molar-refractivity contribution is 0.284. The molecule has 0 fully saturated rings. The van der Waals surface area contributed by atoms with Crippen molar-refractivity contribution in [2.24, 2.45) is 5.92 Å². The Hall–Kier alpha value is 0.270. The van der Waals surface area contributed by atoms with Crippen LogP contribution in [0.15, 0.2) is 0 Å². The number of nitrogens with zero attached hydrogens (tertiary/aromatic N) is 1. The zero-order valence-corrected chi connectivity index (χ0v) is 11.0. The molecular weight excluding hydrogens is 192 g/mol. The first kappa shape index (κ1) is 14.3. The quantitative estimate of drug-likeness (QED) is 0.595. The molecular formula is C11H26N2S. The molecule has 0 aromatic heterocycles. The second-order valence-corrected chi connectivity index (χ2v) is 5.37. The van der Waals surface area contributed by atoms with Crippen molar-refractivity contribution in [2.75, 3.05) is 45.2 Å². The maximum atomic E-state index is 3.22. The second-order valence-electron chi connectivity index (χ2n) is 3.98. The third-order valence-electron chi connectivity index (χ3n) is 2.21. The van der Waals surface area contributed by atoms with E-state index in [1.807, 2.05) is 18.8 Å². The molecule has 0 aliphatic heterocycles. The van der Waals surface area contributed by atoms with Crippen LogP contribution in [0, 0.1) is 5.92 Å². The minimum Gasteiger partial charge on any atom is -0.319 e. The molecule has 0 spiro atoms. The fourth-order valence-corrected chi connectivity index (χ4v) is 2.24. The molecule has 14 heavy (non-hydrogen) atoms. The van der Waals surface area contributed by atoms with Gasteiger partial charge < -0.3 is 10.2 Å². The van der Waals surface area contributed by atoms with Crippen LogP contribution in [0.25, 0.3) is 0 Å². The van der Waals surface area contributed by atoms with Gasteiger partial charge in [-0.1, -0.05) is 13.8 Å². The van der Waals surface area contributed by atoms with Crippen LogP contribution in [-0.2, 0) is 0 Å². The third-order valence-corrected chi connectivity index (χ3v) is 3.19. The van der Waals surface area contributed by atoms with E-state index in [9.17, 15) is 0 Å². The summed E-state index contributed by atoms with van der Waals surface area (Å²) < 4.78 is 0. The van der Waals surface area contributed by atoms with E-state index in [-0.39, 0.29) is 0 Å². The normalized spacial score (nSPS) is 13.5. The van der Waals surface area contributed by atoms with Crippen LogP contribution >= 0.6 is 11.8 Å². The summed E-state index contributed by atoms with van der Waals surface area (Å²) in [6, 6.07) is 0. The van der Waals surface area contributed by atoms with Gasteiger partial charge >= 0.3 is 0 Å². The van der Waals surface area contributed by atoms with E-state index < -0.39 is 0 Å². The Morgan fingerprint density at radius 3 is 2.71 bits per heavy atom. The average Bonchev–Trinajstić information content (AvgIpc) is 2.13. The van der Waals surface area contributed by atoms with Gasteiger partial charge in [-0.15, -0.1) is 0 Å². The van der Waals surface area contributed by atoms with Crippen LogP contribution in [0.2, 0.25) is 0 Å². The summed E-state index contributed by atoms with van der Waals surface area (Å²) in [5.41, 5.74) is 0. The summed E-state index contributed by atoms with van der Waals surface area (Å²) in [5, 5.41) is 3.22. The van der Waals surface area contributed by atoms with Crippen molar-refractivity contribution in [3.05, 3.63) is 0 Å². The first-order chi connectivity index (χ1) is 6.70. The molecule has 1 unspecified atom stereocenters. The van der Waals surface area contributed by atoms with Gasteiger partial charge in [-0.25, -0.2) is 0 Å².